The van der Waals surface area contributed by atoms with E-state index in [1.165, 1.54) is 12.5 Å². The Morgan fingerprint density at radius 3 is 2.85 bits per heavy atom. The predicted octanol–water partition coefficient (Wildman–Crippen LogP) is 1.97. The van der Waals surface area contributed by atoms with E-state index in [1.54, 1.807) is 11.0 Å². The van der Waals surface area contributed by atoms with Crippen LogP contribution in [0.3, 0.4) is 0 Å². The van der Waals surface area contributed by atoms with Gasteiger partial charge in [-0.3, -0.25) is 4.79 Å². The summed E-state index contributed by atoms with van der Waals surface area (Å²) in [5.41, 5.74) is 0.329. The molecule has 10 heteroatoms. The SMILES string of the molecule is C[C@@H]1CCN(C(=O)CC#N)C[C@@H]1N(C)c1ncnc2c1ccn2C(=O)O.Cl. The Hall–Kier alpha value is -2.86. The lowest BCUT2D eigenvalue weighted by molar-refractivity contribution is -0.131. The number of nitriles is 1. The summed E-state index contributed by atoms with van der Waals surface area (Å²) in [6.07, 6.45) is 2.40. The van der Waals surface area contributed by atoms with Gasteiger partial charge in [0.25, 0.3) is 0 Å². The highest BCUT2D eigenvalue weighted by atomic mass is 35.5. The molecule has 0 radical (unpaired) electrons. The zero-order valence-electron chi connectivity index (χ0n) is 15.1. The summed E-state index contributed by atoms with van der Waals surface area (Å²) >= 11 is 0. The summed E-state index contributed by atoms with van der Waals surface area (Å²) in [5, 5.41) is 18.7. The van der Waals surface area contributed by atoms with E-state index in [1.807, 2.05) is 18.0 Å². The highest BCUT2D eigenvalue weighted by Gasteiger charge is 2.32. The van der Waals surface area contributed by atoms with Gasteiger partial charge in [0.15, 0.2) is 5.65 Å². The second-order valence-corrected chi connectivity index (χ2v) is 6.52. The number of aromatic nitrogens is 3. The summed E-state index contributed by atoms with van der Waals surface area (Å²) in [4.78, 5) is 35.5. The first kappa shape index (κ1) is 20.5. The standard InChI is InChI=1S/C17H20N6O3.ClH/c1-11-4-7-22(14(24)3-6-18)9-13(11)21(2)15-12-5-8-23(17(25)26)16(12)20-10-19-15;/h5,8,10-11,13H,3-4,7,9H2,1-2H3,(H,25,26);1H/t11-,13+;/m1./s1. The van der Waals surface area contributed by atoms with Gasteiger partial charge in [0.1, 0.15) is 18.6 Å². The third kappa shape index (κ3) is 3.80. The van der Waals surface area contributed by atoms with Crippen LogP contribution < -0.4 is 4.90 Å². The fourth-order valence-electron chi connectivity index (χ4n) is 3.49. The molecular formula is C17H21ClN6O3. The number of rotatable bonds is 3. The average Bonchev–Trinajstić information content (AvgIpc) is 3.06. The van der Waals surface area contributed by atoms with Crippen molar-refractivity contribution in [1.82, 2.24) is 19.4 Å². The van der Waals surface area contributed by atoms with Crippen LogP contribution in [0.4, 0.5) is 10.6 Å². The molecule has 144 valence electrons. The van der Waals surface area contributed by atoms with Crippen molar-refractivity contribution in [2.45, 2.75) is 25.8 Å². The van der Waals surface area contributed by atoms with Gasteiger partial charge in [-0.1, -0.05) is 6.92 Å². The molecule has 0 saturated carbocycles. The van der Waals surface area contributed by atoms with E-state index in [0.29, 0.717) is 35.9 Å². The van der Waals surface area contributed by atoms with Gasteiger partial charge in [0.05, 0.1) is 17.5 Å². The Balaban J connectivity index is 0.00000261. The smallest absolute Gasteiger partial charge is 0.417 e. The number of halogens is 1. The van der Waals surface area contributed by atoms with E-state index in [9.17, 15) is 14.7 Å². The maximum atomic E-state index is 12.1. The summed E-state index contributed by atoms with van der Waals surface area (Å²) in [6, 6.07) is 3.60. The number of carbonyl (C=O) groups is 2. The van der Waals surface area contributed by atoms with E-state index >= 15 is 0 Å². The van der Waals surface area contributed by atoms with E-state index in [2.05, 4.69) is 16.9 Å². The molecule has 3 rings (SSSR count). The number of anilines is 1. The number of piperidine rings is 1. The van der Waals surface area contributed by atoms with Crippen molar-refractivity contribution in [3.8, 4) is 6.07 Å². The molecule has 2 aromatic rings. The number of likely N-dealkylation sites (tertiary alicyclic amines) is 1. The van der Waals surface area contributed by atoms with Crippen LogP contribution in [0.2, 0.25) is 0 Å². The van der Waals surface area contributed by atoms with Crippen molar-refractivity contribution >= 4 is 41.3 Å². The van der Waals surface area contributed by atoms with E-state index in [0.717, 1.165) is 11.0 Å². The van der Waals surface area contributed by atoms with Crippen molar-refractivity contribution in [2.75, 3.05) is 25.0 Å². The Kier molecular flexibility index (Phi) is 6.23. The van der Waals surface area contributed by atoms with Crippen LogP contribution in [0, 0.1) is 17.2 Å². The molecule has 1 aliphatic rings. The quantitative estimate of drug-likeness (QED) is 0.848. The molecule has 27 heavy (non-hydrogen) atoms. The van der Waals surface area contributed by atoms with E-state index in [4.69, 9.17) is 5.26 Å². The van der Waals surface area contributed by atoms with Gasteiger partial charge in [-0.05, 0) is 18.4 Å². The first-order valence-corrected chi connectivity index (χ1v) is 8.37. The van der Waals surface area contributed by atoms with Gasteiger partial charge in [-0.2, -0.15) is 5.26 Å². The highest BCUT2D eigenvalue weighted by Crippen LogP contribution is 2.29. The zero-order valence-corrected chi connectivity index (χ0v) is 15.9. The molecule has 1 saturated heterocycles. The molecule has 0 spiro atoms. The summed E-state index contributed by atoms with van der Waals surface area (Å²) in [7, 11) is 1.89. The maximum Gasteiger partial charge on any atom is 0.417 e. The molecule has 2 atom stereocenters. The maximum absolute atomic E-state index is 12.1. The van der Waals surface area contributed by atoms with Gasteiger partial charge in [0, 0.05) is 26.3 Å². The monoisotopic (exact) mass is 392 g/mol. The van der Waals surface area contributed by atoms with Crippen LogP contribution in [0.15, 0.2) is 18.6 Å². The van der Waals surface area contributed by atoms with Crippen molar-refractivity contribution in [3.05, 3.63) is 18.6 Å². The second kappa shape index (κ2) is 8.22. The molecule has 0 aliphatic carbocycles. The minimum Gasteiger partial charge on any atom is -0.464 e. The fraction of sp³-hybridized carbons (Fsp3) is 0.471. The largest absolute Gasteiger partial charge is 0.464 e. The lowest BCUT2D eigenvalue weighted by Gasteiger charge is -2.42. The van der Waals surface area contributed by atoms with Crippen LogP contribution in [0.1, 0.15) is 19.8 Å². The summed E-state index contributed by atoms with van der Waals surface area (Å²) in [5.74, 6) is 0.779. The molecule has 0 unspecified atom stereocenters. The van der Waals surface area contributed by atoms with Crippen molar-refractivity contribution in [2.24, 2.45) is 5.92 Å². The number of amides is 1. The molecule has 2 aromatic heterocycles. The normalized spacial score (nSPS) is 19.2. The minimum atomic E-state index is -1.10. The zero-order chi connectivity index (χ0) is 18.8. The van der Waals surface area contributed by atoms with Gasteiger partial charge in [-0.15, -0.1) is 12.4 Å². The number of hydrogen-bond acceptors (Lipinski definition) is 6. The molecule has 1 N–H and O–H groups in total. The van der Waals surface area contributed by atoms with E-state index in [-0.39, 0.29) is 30.8 Å². The van der Waals surface area contributed by atoms with Crippen LogP contribution in [0.5, 0.6) is 0 Å². The number of carbonyl (C=O) groups excluding carboxylic acids is 1. The first-order valence-electron chi connectivity index (χ1n) is 8.37. The summed E-state index contributed by atoms with van der Waals surface area (Å²) in [6.45, 7) is 3.26. The van der Waals surface area contributed by atoms with Crippen molar-refractivity contribution < 1.29 is 14.7 Å². The highest BCUT2D eigenvalue weighted by molar-refractivity contribution is 5.93. The lowest BCUT2D eigenvalue weighted by atomic mass is 9.92. The molecule has 1 amide bonds. The van der Waals surface area contributed by atoms with Crippen LogP contribution in [-0.4, -0.2) is 62.7 Å². The number of fused-ring (bicyclic) bond motifs is 1. The Morgan fingerprint density at radius 2 is 2.19 bits per heavy atom. The number of hydrogen-bond donors (Lipinski definition) is 1. The summed E-state index contributed by atoms with van der Waals surface area (Å²) < 4.78 is 1.06. The van der Waals surface area contributed by atoms with Crippen LogP contribution in [0.25, 0.3) is 11.0 Å². The van der Waals surface area contributed by atoms with Crippen molar-refractivity contribution in [3.63, 3.8) is 0 Å². The third-order valence-electron chi connectivity index (χ3n) is 5.00. The van der Waals surface area contributed by atoms with Gasteiger partial charge in [-0.25, -0.2) is 19.3 Å². The third-order valence-corrected chi connectivity index (χ3v) is 5.00. The predicted molar refractivity (Wildman–Crippen MR) is 101 cm³/mol. The molecule has 0 bridgehead atoms. The lowest BCUT2D eigenvalue weighted by Crippen LogP contribution is -2.52. The van der Waals surface area contributed by atoms with Crippen molar-refractivity contribution in [1.29, 1.82) is 5.26 Å². The Bertz CT molecular complexity index is 892. The molecule has 1 aliphatic heterocycles. The topological polar surface area (TPSA) is 115 Å². The molecule has 0 aromatic carbocycles. The van der Waals surface area contributed by atoms with Gasteiger partial charge < -0.3 is 14.9 Å². The second-order valence-electron chi connectivity index (χ2n) is 6.52. The Morgan fingerprint density at radius 1 is 1.44 bits per heavy atom. The van der Waals surface area contributed by atoms with Gasteiger partial charge >= 0.3 is 6.09 Å². The minimum absolute atomic E-state index is 0. The Labute approximate surface area is 162 Å². The average molecular weight is 393 g/mol. The first-order chi connectivity index (χ1) is 12.4. The molecule has 1 fully saturated rings. The van der Waals surface area contributed by atoms with Crippen LogP contribution >= 0.6 is 12.4 Å². The molecule has 3 heterocycles. The van der Waals surface area contributed by atoms with Crippen LogP contribution in [-0.2, 0) is 4.79 Å². The molecule has 9 nitrogen and oxygen atoms in total. The number of carboxylic acid groups (broad SMARTS) is 1. The molecular weight excluding hydrogens is 372 g/mol. The fourth-order valence-corrected chi connectivity index (χ4v) is 3.49. The number of likely N-dealkylation sites (N-methyl/N-ethyl adjacent to an activating group) is 1. The van der Waals surface area contributed by atoms with Gasteiger partial charge in [0.2, 0.25) is 5.91 Å². The van der Waals surface area contributed by atoms with E-state index < -0.39 is 6.09 Å². The number of nitrogens with zero attached hydrogens (tertiary/aromatic N) is 6.